The molecule has 18 nitrogen and oxygen atoms in total. The Balaban J connectivity index is 1.62. The Hall–Kier alpha value is -3.47. The number of esters is 1. The van der Waals surface area contributed by atoms with Crippen molar-refractivity contribution in [2.24, 2.45) is 35.5 Å². The summed E-state index contributed by atoms with van der Waals surface area (Å²) in [5.74, 6) is -8.69. The van der Waals surface area contributed by atoms with Crippen molar-refractivity contribution in [2.75, 3.05) is 45.6 Å². The SMILES string of the molecule is COC1C(=O)C(C)CC/C=C/C=C/C=C(\C)C(NS(C)(=O)=O)C[C@H]2CC[C@H](C)[C@](O)(O2)C(=O)C(=O)N(C)C(C)C(=O)OC([C@H](C)C[C@@H]2CC[C@@H](OCCC3CCS(=O)(=O)C3)[C@H](OC)C2)CC(=O)C(C)/C=C(\C)C1O. The number of rotatable bonds is 11. The number of amides is 1. The second-order valence-corrected chi connectivity index (χ2v) is 25.7. The largest absolute Gasteiger partial charge is 0.460 e. The normalized spacial score (nSPS) is 38.0. The summed E-state index contributed by atoms with van der Waals surface area (Å²) in [6, 6.07) is -2.19. The molecule has 3 heterocycles. The number of ketones is 3. The van der Waals surface area contributed by atoms with Gasteiger partial charge in [-0.2, -0.15) is 0 Å². The van der Waals surface area contributed by atoms with E-state index in [4.69, 9.17) is 23.7 Å². The molecule has 1 aliphatic carbocycles. The van der Waals surface area contributed by atoms with Gasteiger partial charge in [0.05, 0.1) is 36.1 Å². The Kier molecular flexibility index (Phi) is 24.1. The van der Waals surface area contributed by atoms with Gasteiger partial charge < -0.3 is 38.8 Å². The molecular formula is C54H86N2O16S2. The Morgan fingerprint density at radius 3 is 2.24 bits per heavy atom. The third-order valence-electron chi connectivity index (χ3n) is 15.7. The molecule has 3 N–H and O–H groups in total. The van der Waals surface area contributed by atoms with Crippen LogP contribution in [0.5, 0.6) is 0 Å². The predicted molar refractivity (Wildman–Crippen MR) is 280 cm³/mol. The van der Waals surface area contributed by atoms with Gasteiger partial charge in [0.25, 0.3) is 11.7 Å². The number of Topliss-reactive ketones (excluding diaryl/α,β-unsaturated/α-hetero) is 3. The van der Waals surface area contributed by atoms with Gasteiger partial charge in [-0.05, 0) is 115 Å². The van der Waals surface area contributed by atoms with Gasteiger partial charge in [-0.1, -0.05) is 69.7 Å². The van der Waals surface area contributed by atoms with Crippen LogP contribution in [0.2, 0.25) is 0 Å². The Morgan fingerprint density at radius 1 is 0.905 bits per heavy atom. The number of nitrogens with one attached hydrogen (secondary N) is 1. The number of allylic oxidation sites excluding steroid dienone is 6. The van der Waals surface area contributed by atoms with Crippen LogP contribution in [0.1, 0.15) is 126 Å². The third-order valence-corrected chi connectivity index (χ3v) is 18.3. The van der Waals surface area contributed by atoms with Crippen LogP contribution in [0.3, 0.4) is 0 Å². The van der Waals surface area contributed by atoms with Crippen LogP contribution in [0.4, 0.5) is 0 Å². The van der Waals surface area contributed by atoms with Crippen molar-refractivity contribution >= 4 is 49.1 Å². The second kappa shape index (κ2) is 28.2. The molecule has 4 rings (SSSR count). The van der Waals surface area contributed by atoms with E-state index in [0.717, 1.165) is 17.6 Å². The highest BCUT2D eigenvalue weighted by molar-refractivity contribution is 7.91. The van der Waals surface area contributed by atoms with Crippen molar-refractivity contribution in [3.63, 3.8) is 0 Å². The summed E-state index contributed by atoms with van der Waals surface area (Å²) in [4.78, 5) is 70.9. The molecule has 74 heavy (non-hydrogen) atoms. The molecule has 0 radical (unpaired) electrons. The molecule has 1 saturated carbocycles. The molecule has 3 aliphatic heterocycles. The van der Waals surface area contributed by atoms with Gasteiger partial charge in [0, 0.05) is 58.1 Å². The van der Waals surface area contributed by atoms with Crippen LogP contribution in [0.15, 0.2) is 47.6 Å². The lowest BCUT2D eigenvalue weighted by atomic mass is 9.78. The maximum Gasteiger partial charge on any atom is 0.328 e. The van der Waals surface area contributed by atoms with Crippen molar-refractivity contribution in [3.8, 4) is 0 Å². The van der Waals surface area contributed by atoms with Gasteiger partial charge >= 0.3 is 5.97 Å². The summed E-state index contributed by atoms with van der Waals surface area (Å²) in [6.07, 6.45) is 11.7. The van der Waals surface area contributed by atoms with Crippen molar-refractivity contribution in [1.29, 1.82) is 0 Å². The van der Waals surface area contributed by atoms with Crippen molar-refractivity contribution in [1.82, 2.24) is 9.62 Å². The molecule has 3 fully saturated rings. The van der Waals surface area contributed by atoms with Crippen molar-refractivity contribution in [2.45, 2.75) is 180 Å². The number of methoxy groups -OCH3 is 2. The van der Waals surface area contributed by atoms with E-state index in [1.54, 1.807) is 72.1 Å². The molecule has 15 atom stereocenters. The average molecular weight is 1080 g/mol. The fourth-order valence-corrected chi connectivity index (χ4v) is 13.3. The van der Waals surface area contributed by atoms with Crippen LogP contribution in [0.25, 0.3) is 0 Å². The number of nitrogens with zero attached hydrogens (tertiary/aromatic N) is 1. The Bertz CT molecular complexity index is 2300. The number of sulfonamides is 1. The van der Waals surface area contributed by atoms with Crippen LogP contribution >= 0.6 is 0 Å². The topological polar surface area (TPSA) is 256 Å². The zero-order valence-electron chi connectivity index (χ0n) is 45.5. The van der Waals surface area contributed by atoms with E-state index >= 15 is 0 Å². The first kappa shape index (κ1) is 63.1. The minimum atomic E-state index is -3.75. The molecule has 0 aromatic rings. The Morgan fingerprint density at radius 2 is 1.61 bits per heavy atom. The lowest BCUT2D eigenvalue weighted by molar-refractivity contribution is -0.263. The number of carbonyl (C=O) groups is 5. The van der Waals surface area contributed by atoms with Gasteiger partial charge in [-0.3, -0.25) is 19.2 Å². The van der Waals surface area contributed by atoms with Gasteiger partial charge in [0.15, 0.2) is 15.6 Å². The number of carbonyl (C=O) groups excluding carboxylic acids is 5. The highest BCUT2D eigenvalue weighted by Gasteiger charge is 2.52. The fraction of sp³-hybridized carbons (Fsp3) is 0.759. The molecule has 20 heteroatoms. The van der Waals surface area contributed by atoms with E-state index < -0.39 is 103 Å². The molecule has 8 unspecified atom stereocenters. The zero-order valence-corrected chi connectivity index (χ0v) is 47.2. The average Bonchev–Trinajstić information content (AvgIpc) is 3.70. The van der Waals surface area contributed by atoms with Gasteiger partial charge in [-0.25, -0.2) is 26.4 Å². The highest BCUT2D eigenvalue weighted by Crippen LogP contribution is 2.37. The highest BCUT2D eigenvalue weighted by atomic mass is 32.2. The summed E-state index contributed by atoms with van der Waals surface area (Å²) in [6.45, 7) is 12.0. The Labute approximate surface area is 440 Å². The standard InChI is InChI=1S/C54H86N2O16S2/c1-33-17-15-13-12-14-16-18-34(2)48(58)50(69-10)49(59)37(5)27-35(3)44(57)31-46(36(4)28-41-20-22-45(47(29-41)68-9)70-25-23-40-24-26-74(66,67)32-40)71-53(62)39(7)56(8)52(61)51(60)54(63)38(6)19-21-42(72-54)30-43(33)55-73(11,64)65/h12-15,17,27,34-36,38-43,45-47,49-50,55,59,63H,16,18-26,28-32H2,1-11H3/b14-12+,15-13+,33-17+,37-27+/t34?,35?,36-,38+,39?,40?,41+,42-,43?,45-,46?,47-,49?,50?,54+/m1/s1. The monoisotopic (exact) mass is 1080 g/mol. The van der Waals surface area contributed by atoms with E-state index in [9.17, 15) is 51.0 Å². The van der Waals surface area contributed by atoms with E-state index in [1.165, 1.54) is 21.1 Å². The number of ether oxygens (including phenoxy) is 5. The first-order valence-electron chi connectivity index (χ1n) is 26.3. The molecule has 0 spiro atoms. The molecule has 0 aromatic heterocycles. The van der Waals surface area contributed by atoms with E-state index in [-0.39, 0.29) is 66.4 Å². The lowest BCUT2D eigenvalue weighted by Crippen LogP contribution is -2.59. The summed E-state index contributed by atoms with van der Waals surface area (Å²) in [5.41, 5.74) is 0.942. The molecule has 2 saturated heterocycles. The lowest BCUT2D eigenvalue weighted by Gasteiger charge is -2.42. The summed E-state index contributed by atoms with van der Waals surface area (Å²) in [7, 11) is -2.56. The van der Waals surface area contributed by atoms with E-state index in [1.807, 2.05) is 13.0 Å². The number of fused-ring (bicyclic) bond motifs is 2. The minimum Gasteiger partial charge on any atom is -0.460 e. The quantitative estimate of drug-likeness (QED) is 0.137. The van der Waals surface area contributed by atoms with Gasteiger partial charge in [0.2, 0.25) is 15.8 Å². The summed E-state index contributed by atoms with van der Waals surface area (Å²) < 4.78 is 81.5. The van der Waals surface area contributed by atoms with Crippen LogP contribution in [-0.4, -0.2) is 161 Å². The minimum absolute atomic E-state index is 0.0147. The van der Waals surface area contributed by atoms with E-state index in [0.29, 0.717) is 69.1 Å². The number of hydrogen-bond donors (Lipinski definition) is 3. The first-order chi connectivity index (χ1) is 34.6. The molecule has 0 aromatic carbocycles. The number of hydrogen-bond acceptors (Lipinski definition) is 16. The zero-order chi connectivity index (χ0) is 55.3. The maximum absolute atomic E-state index is 14.2. The van der Waals surface area contributed by atoms with Crippen molar-refractivity contribution in [3.05, 3.63) is 47.6 Å². The molecule has 4 aliphatic rings. The summed E-state index contributed by atoms with van der Waals surface area (Å²) in [5, 5.41) is 23.3. The number of cyclic esters (lactones) is 1. The molecule has 1 amide bonds. The van der Waals surface area contributed by atoms with Gasteiger partial charge in [0.1, 0.15) is 30.1 Å². The van der Waals surface area contributed by atoms with Crippen LogP contribution in [-0.2, 0) is 67.5 Å². The van der Waals surface area contributed by atoms with Gasteiger partial charge in [-0.15, -0.1) is 0 Å². The van der Waals surface area contributed by atoms with Crippen LogP contribution in [0, 0.1) is 35.5 Å². The molecule has 2 bridgehead atoms. The maximum atomic E-state index is 14.2. The summed E-state index contributed by atoms with van der Waals surface area (Å²) >= 11 is 0. The fourth-order valence-electron chi connectivity index (χ4n) is 10.5. The molecular weight excluding hydrogens is 997 g/mol. The van der Waals surface area contributed by atoms with Crippen LogP contribution < -0.4 is 4.72 Å². The number of aliphatic hydroxyl groups excluding tert-OH is 1. The molecule has 420 valence electrons. The van der Waals surface area contributed by atoms with E-state index in [2.05, 4.69) is 4.72 Å². The van der Waals surface area contributed by atoms with Crippen molar-refractivity contribution < 1.29 is 74.7 Å². The number of likely N-dealkylation sites (N-methyl/N-ethyl adjacent to an activating group) is 1. The number of aliphatic hydroxyl groups is 2. The smallest absolute Gasteiger partial charge is 0.328 e. The number of sulfone groups is 1. The first-order valence-corrected chi connectivity index (χ1v) is 30.0. The second-order valence-electron chi connectivity index (χ2n) is 21.7. The predicted octanol–water partition coefficient (Wildman–Crippen LogP) is 5.15. The third kappa shape index (κ3) is 18.1.